The minimum atomic E-state index is -0.193. The van der Waals surface area contributed by atoms with Crippen LogP contribution in [0.2, 0.25) is 0 Å². The molecule has 0 radical (unpaired) electrons. The Hall–Kier alpha value is -3.06. The molecule has 0 fully saturated rings. The standard InChI is InChI=1S/C20H20N2O4S/c1-12-18(19(23)22-14-6-8-15(24-2)9-7-14)27-20(21-12)13-5-10-16(25-3)17(11-13)26-4/h5-11H,1-4H3,(H,22,23). The SMILES string of the molecule is COc1ccc(NC(=O)c2sc(-c3ccc(OC)c(OC)c3)nc2C)cc1. The van der Waals surface area contributed by atoms with Crippen LogP contribution in [0, 0.1) is 6.92 Å². The smallest absolute Gasteiger partial charge is 0.267 e. The van der Waals surface area contributed by atoms with E-state index in [-0.39, 0.29) is 5.91 Å². The molecule has 3 rings (SSSR count). The van der Waals surface area contributed by atoms with Crippen molar-refractivity contribution in [1.29, 1.82) is 0 Å². The predicted molar refractivity (Wildman–Crippen MR) is 106 cm³/mol. The fourth-order valence-corrected chi connectivity index (χ4v) is 3.52. The van der Waals surface area contributed by atoms with E-state index in [9.17, 15) is 4.79 Å². The average Bonchev–Trinajstić information content (AvgIpc) is 3.09. The molecule has 0 aliphatic rings. The monoisotopic (exact) mass is 384 g/mol. The highest BCUT2D eigenvalue weighted by Crippen LogP contribution is 2.35. The van der Waals surface area contributed by atoms with Crippen LogP contribution in [-0.2, 0) is 0 Å². The lowest BCUT2D eigenvalue weighted by Gasteiger charge is -2.08. The molecule has 0 unspecified atom stereocenters. The van der Waals surface area contributed by atoms with Gasteiger partial charge in [-0.1, -0.05) is 0 Å². The normalized spacial score (nSPS) is 10.4. The number of aromatic nitrogens is 1. The summed E-state index contributed by atoms with van der Waals surface area (Å²) in [6.07, 6.45) is 0. The number of ether oxygens (including phenoxy) is 3. The third-order valence-electron chi connectivity index (χ3n) is 3.98. The third kappa shape index (κ3) is 4.03. The number of amides is 1. The van der Waals surface area contributed by atoms with Gasteiger partial charge >= 0.3 is 0 Å². The van der Waals surface area contributed by atoms with Crippen molar-refractivity contribution in [3.05, 3.63) is 53.0 Å². The first-order valence-corrected chi connectivity index (χ1v) is 9.02. The zero-order valence-corrected chi connectivity index (χ0v) is 16.3. The number of thiazole rings is 1. The summed E-state index contributed by atoms with van der Waals surface area (Å²) in [5.74, 6) is 1.80. The van der Waals surface area contributed by atoms with Gasteiger partial charge in [-0.05, 0) is 49.4 Å². The van der Waals surface area contributed by atoms with Crippen molar-refractivity contribution in [2.45, 2.75) is 6.92 Å². The number of rotatable bonds is 6. The fraction of sp³-hybridized carbons (Fsp3) is 0.200. The first-order valence-electron chi connectivity index (χ1n) is 8.21. The van der Waals surface area contributed by atoms with E-state index in [0.29, 0.717) is 27.8 Å². The van der Waals surface area contributed by atoms with E-state index >= 15 is 0 Å². The van der Waals surface area contributed by atoms with E-state index in [1.807, 2.05) is 25.1 Å². The van der Waals surface area contributed by atoms with E-state index in [1.165, 1.54) is 11.3 Å². The summed E-state index contributed by atoms with van der Waals surface area (Å²) in [7, 11) is 4.78. The minimum absolute atomic E-state index is 0.193. The topological polar surface area (TPSA) is 69.7 Å². The van der Waals surface area contributed by atoms with Gasteiger partial charge in [0.2, 0.25) is 0 Å². The summed E-state index contributed by atoms with van der Waals surface area (Å²) >= 11 is 1.34. The van der Waals surface area contributed by atoms with Gasteiger partial charge < -0.3 is 19.5 Å². The number of nitrogens with zero attached hydrogens (tertiary/aromatic N) is 1. The Labute approximate surface area is 161 Å². The largest absolute Gasteiger partial charge is 0.497 e. The molecule has 0 aliphatic heterocycles. The zero-order chi connectivity index (χ0) is 19.4. The Morgan fingerprint density at radius 1 is 0.963 bits per heavy atom. The molecule has 7 heteroatoms. The molecular formula is C20H20N2O4S. The van der Waals surface area contributed by atoms with Crippen molar-refractivity contribution < 1.29 is 19.0 Å². The Balaban J connectivity index is 1.84. The zero-order valence-electron chi connectivity index (χ0n) is 15.5. The van der Waals surface area contributed by atoms with Gasteiger partial charge in [0.25, 0.3) is 5.91 Å². The molecule has 0 aliphatic carbocycles. The van der Waals surface area contributed by atoms with Crippen LogP contribution in [0.15, 0.2) is 42.5 Å². The highest BCUT2D eigenvalue weighted by Gasteiger charge is 2.17. The first-order chi connectivity index (χ1) is 13.0. The Morgan fingerprint density at radius 3 is 2.30 bits per heavy atom. The molecule has 0 atom stereocenters. The van der Waals surface area contributed by atoms with Gasteiger partial charge in [0.15, 0.2) is 11.5 Å². The summed E-state index contributed by atoms with van der Waals surface area (Å²) in [5, 5.41) is 3.63. The summed E-state index contributed by atoms with van der Waals surface area (Å²) in [4.78, 5) is 17.7. The molecule has 6 nitrogen and oxygen atoms in total. The maximum atomic E-state index is 12.6. The average molecular weight is 384 g/mol. The molecule has 1 aromatic heterocycles. The van der Waals surface area contributed by atoms with Crippen molar-refractivity contribution in [3.8, 4) is 27.8 Å². The molecular weight excluding hydrogens is 364 g/mol. The van der Waals surface area contributed by atoms with Crippen LogP contribution < -0.4 is 19.5 Å². The van der Waals surface area contributed by atoms with Crippen LogP contribution in [-0.4, -0.2) is 32.2 Å². The van der Waals surface area contributed by atoms with E-state index in [2.05, 4.69) is 10.3 Å². The summed E-state index contributed by atoms with van der Waals surface area (Å²) < 4.78 is 15.7. The van der Waals surface area contributed by atoms with Crippen molar-refractivity contribution in [2.75, 3.05) is 26.6 Å². The number of hydrogen-bond donors (Lipinski definition) is 1. The number of methoxy groups -OCH3 is 3. The summed E-state index contributed by atoms with van der Waals surface area (Å²) in [6.45, 7) is 1.82. The molecule has 0 spiro atoms. The predicted octanol–water partition coefficient (Wildman–Crippen LogP) is 4.40. The molecule has 2 aromatic carbocycles. The number of benzene rings is 2. The lowest BCUT2D eigenvalue weighted by atomic mass is 10.2. The number of carbonyl (C=O) groups excluding carboxylic acids is 1. The van der Waals surface area contributed by atoms with Crippen molar-refractivity contribution in [1.82, 2.24) is 4.98 Å². The molecule has 140 valence electrons. The second kappa shape index (κ2) is 8.09. The van der Waals surface area contributed by atoms with Crippen molar-refractivity contribution in [2.24, 2.45) is 0 Å². The van der Waals surface area contributed by atoms with Crippen molar-refractivity contribution in [3.63, 3.8) is 0 Å². The van der Waals surface area contributed by atoms with E-state index in [4.69, 9.17) is 14.2 Å². The molecule has 0 bridgehead atoms. The lowest BCUT2D eigenvalue weighted by Crippen LogP contribution is -2.11. The van der Waals surface area contributed by atoms with E-state index in [1.54, 1.807) is 45.6 Å². The second-order valence-electron chi connectivity index (χ2n) is 5.69. The highest BCUT2D eigenvalue weighted by molar-refractivity contribution is 7.17. The van der Waals surface area contributed by atoms with Crippen LogP contribution in [0.1, 0.15) is 15.4 Å². The molecule has 27 heavy (non-hydrogen) atoms. The highest BCUT2D eigenvalue weighted by atomic mass is 32.1. The maximum absolute atomic E-state index is 12.6. The van der Waals surface area contributed by atoms with E-state index in [0.717, 1.165) is 16.3 Å². The molecule has 3 aromatic rings. The van der Waals surface area contributed by atoms with Gasteiger partial charge in [-0.25, -0.2) is 4.98 Å². The second-order valence-corrected chi connectivity index (χ2v) is 6.69. The third-order valence-corrected chi connectivity index (χ3v) is 5.19. The fourth-order valence-electron chi connectivity index (χ4n) is 2.56. The van der Waals surface area contributed by atoms with Crippen LogP contribution in [0.25, 0.3) is 10.6 Å². The maximum Gasteiger partial charge on any atom is 0.267 e. The van der Waals surface area contributed by atoms with Crippen molar-refractivity contribution >= 4 is 22.9 Å². The quantitative estimate of drug-likeness (QED) is 0.682. The van der Waals surface area contributed by atoms with Crippen LogP contribution in [0.3, 0.4) is 0 Å². The van der Waals surface area contributed by atoms with Crippen LogP contribution in [0.5, 0.6) is 17.2 Å². The Bertz CT molecular complexity index is 951. The molecule has 1 N–H and O–H groups in total. The number of aryl methyl sites for hydroxylation is 1. The van der Waals surface area contributed by atoms with Gasteiger partial charge in [-0.3, -0.25) is 4.79 Å². The van der Waals surface area contributed by atoms with Gasteiger partial charge in [0.05, 0.1) is 27.0 Å². The molecule has 0 saturated heterocycles. The van der Waals surface area contributed by atoms with Crippen LogP contribution in [0.4, 0.5) is 5.69 Å². The van der Waals surface area contributed by atoms with Gasteiger partial charge in [-0.15, -0.1) is 11.3 Å². The summed E-state index contributed by atoms with van der Waals surface area (Å²) in [6, 6.07) is 12.7. The van der Waals surface area contributed by atoms with E-state index < -0.39 is 0 Å². The summed E-state index contributed by atoms with van der Waals surface area (Å²) in [5.41, 5.74) is 2.24. The molecule has 1 amide bonds. The lowest BCUT2D eigenvalue weighted by molar-refractivity contribution is 0.103. The van der Waals surface area contributed by atoms with Gasteiger partial charge in [0, 0.05) is 11.3 Å². The minimum Gasteiger partial charge on any atom is -0.497 e. The molecule has 1 heterocycles. The number of hydrogen-bond acceptors (Lipinski definition) is 6. The Kier molecular flexibility index (Phi) is 5.61. The Morgan fingerprint density at radius 2 is 1.67 bits per heavy atom. The number of carbonyl (C=O) groups is 1. The van der Waals surface area contributed by atoms with Gasteiger partial charge in [0.1, 0.15) is 15.6 Å². The van der Waals surface area contributed by atoms with Crippen LogP contribution >= 0.6 is 11.3 Å². The first kappa shape index (κ1) is 18.7. The van der Waals surface area contributed by atoms with Gasteiger partial charge in [-0.2, -0.15) is 0 Å². The number of anilines is 1. The molecule has 0 saturated carbocycles. The number of nitrogens with one attached hydrogen (secondary N) is 1.